The fourth-order valence-corrected chi connectivity index (χ4v) is 3.71. The predicted octanol–water partition coefficient (Wildman–Crippen LogP) is 7.50. The Bertz CT molecular complexity index is 1290. The van der Waals surface area contributed by atoms with Crippen molar-refractivity contribution < 1.29 is 13.9 Å². The second-order valence-corrected chi connectivity index (χ2v) is 8.05. The Balaban J connectivity index is 1.71. The number of anilines is 1. The van der Waals surface area contributed by atoms with Crippen molar-refractivity contribution in [3.8, 4) is 16.9 Å². The van der Waals surface area contributed by atoms with Gasteiger partial charge in [-0.2, -0.15) is 0 Å². The predicted molar refractivity (Wildman–Crippen MR) is 131 cm³/mol. The molecule has 0 aliphatic rings. The lowest BCUT2D eigenvalue weighted by molar-refractivity contribution is -0.111. The third kappa shape index (κ3) is 4.71. The number of fused-ring (bicyclic) bond motifs is 1. The summed E-state index contributed by atoms with van der Waals surface area (Å²) in [5, 5.41) is 4.45. The van der Waals surface area contributed by atoms with Crippen LogP contribution >= 0.6 is 11.6 Å². The molecule has 1 amide bonds. The number of ether oxygens (including phenoxy) is 1. The molecule has 5 heteroatoms. The fraction of sp³-hybridized carbons (Fsp3) is 0.148. The van der Waals surface area contributed by atoms with Gasteiger partial charge in [-0.25, -0.2) is 0 Å². The molecule has 4 aromatic rings. The molecular weight excluding hydrogens is 422 g/mol. The van der Waals surface area contributed by atoms with Gasteiger partial charge in [-0.1, -0.05) is 41.4 Å². The normalized spacial score (nSPS) is 11.6. The van der Waals surface area contributed by atoms with Gasteiger partial charge in [0.15, 0.2) is 0 Å². The second kappa shape index (κ2) is 9.33. The van der Waals surface area contributed by atoms with E-state index in [-0.39, 0.29) is 5.91 Å². The van der Waals surface area contributed by atoms with Crippen LogP contribution in [0.4, 0.5) is 5.69 Å². The van der Waals surface area contributed by atoms with E-state index >= 15 is 0 Å². The second-order valence-electron chi connectivity index (χ2n) is 7.62. The minimum atomic E-state index is -0.224. The van der Waals surface area contributed by atoms with Gasteiger partial charge in [0.1, 0.15) is 11.3 Å². The molecule has 4 rings (SSSR count). The molecule has 0 aliphatic carbocycles. The lowest BCUT2D eigenvalue weighted by atomic mass is 9.98. The first-order valence-electron chi connectivity index (χ1n) is 10.4. The fourth-order valence-electron chi connectivity index (χ4n) is 3.58. The van der Waals surface area contributed by atoms with Gasteiger partial charge in [0.25, 0.3) is 0 Å². The maximum atomic E-state index is 12.6. The van der Waals surface area contributed by atoms with Crippen molar-refractivity contribution in [2.45, 2.75) is 20.8 Å². The number of hydrogen-bond acceptors (Lipinski definition) is 3. The van der Waals surface area contributed by atoms with Crippen LogP contribution in [0.25, 0.3) is 27.7 Å². The molecular formula is C27H24ClNO3. The van der Waals surface area contributed by atoms with Crippen molar-refractivity contribution in [1.82, 2.24) is 0 Å². The quantitative estimate of drug-likeness (QED) is 0.312. The molecule has 1 N–H and O–H groups in total. The highest BCUT2D eigenvalue weighted by molar-refractivity contribution is 6.30. The molecule has 162 valence electrons. The molecule has 0 aliphatic heterocycles. The van der Waals surface area contributed by atoms with Crippen LogP contribution in [-0.2, 0) is 4.79 Å². The Labute approximate surface area is 192 Å². The summed E-state index contributed by atoms with van der Waals surface area (Å²) < 4.78 is 11.7. The van der Waals surface area contributed by atoms with Gasteiger partial charge in [-0.05, 0) is 62.2 Å². The van der Waals surface area contributed by atoms with E-state index in [1.165, 1.54) is 5.56 Å². The van der Waals surface area contributed by atoms with Gasteiger partial charge < -0.3 is 14.5 Å². The molecule has 0 atom stereocenters. The summed E-state index contributed by atoms with van der Waals surface area (Å²) in [6.07, 6.45) is 3.34. The molecule has 0 unspecified atom stereocenters. The van der Waals surface area contributed by atoms with E-state index in [2.05, 4.69) is 36.5 Å². The van der Waals surface area contributed by atoms with Gasteiger partial charge in [-0.15, -0.1) is 0 Å². The van der Waals surface area contributed by atoms with Gasteiger partial charge in [0.05, 0.1) is 12.9 Å². The Hall–Kier alpha value is -3.50. The highest BCUT2D eigenvalue weighted by Gasteiger charge is 2.15. The van der Waals surface area contributed by atoms with E-state index in [1.807, 2.05) is 26.0 Å². The molecule has 0 saturated carbocycles. The van der Waals surface area contributed by atoms with Crippen LogP contribution in [0.15, 0.2) is 77.4 Å². The van der Waals surface area contributed by atoms with Gasteiger partial charge >= 0.3 is 0 Å². The number of carbonyl (C=O) groups is 1. The summed E-state index contributed by atoms with van der Waals surface area (Å²) in [7, 11) is 0. The third-order valence-corrected chi connectivity index (χ3v) is 5.47. The third-order valence-electron chi connectivity index (χ3n) is 5.22. The standard InChI is InChI=1S/C27H24ClNO3/c1-4-31-25-15-26-23(24(16-32-26)19-7-5-17(2)6-8-19)14-22(25)18(3)13-27(30)29-21-11-9-20(28)10-12-21/h5-16H,4H2,1-3H3,(H,29,30)/b18-13+. The maximum Gasteiger partial charge on any atom is 0.248 e. The average molecular weight is 446 g/mol. The SMILES string of the molecule is CCOc1cc2occ(-c3ccc(C)cc3)c2cc1/C(C)=C/C(=O)Nc1ccc(Cl)cc1. The van der Waals surface area contributed by atoms with Crippen molar-refractivity contribution in [2.75, 3.05) is 11.9 Å². The van der Waals surface area contributed by atoms with Crippen LogP contribution in [0.1, 0.15) is 25.0 Å². The minimum Gasteiger partial charge on any atom is -0.493 e. The zero-order chi connectivity index (χ0) is 22.7. The molecule has 0 saturated heterocycles. The van der Waals surface area contributed by atoms with Crippen molar-refractivity contribution in [3.63, 3.8) is 0 Å². The molecule has 0 radical (unpaired) electrons. The Kier molecular flexibility index (Phi) is 6.33. The molecule has 1 heterocycles. The van der Waals surface area contributed by atoms with E-state index in [0.29, 0.717) is 23.1 Å². The Morgan fingerprint density at radius 3 is 2.50 bits per heavy atom. The number of rotatable bonds is 6. The first-order chi connectivity index (χ1) is 15.4. The van der Waals surface area contributed by atoms with Gasteiger partial charge in [0, 0.05) is 39.4 Å². The molecule has 32 heavy (non-hydrogen) atoms. The number of amides is 1. The number of allylic oxidation sites excluding steroid dienone is 1. The lowest BCUT2D eigenvalue weighted by Gasteiger charge is -2.12. The minimum absolute atomic E-state index is 0.224. The summed E-state index contributed by atoms with van der Waals surface area (Å²) in [4.78, 5) is 12.6. The summed E-state index contributed by atoms with van der Waals surface area (Å²) >= 11 is 5.92. The molecule has 1 aromatic heterocycles. The zero-order valence-electron chi connectivity index (χ0n) is 18.2. The molecule has 3 aromatic carbocycles. The monoisotopic (exact) mass is 445 g/mol. The average Bonchev–Trinajstić information content (AvgIpc) is 3.18. The number of furan rings is 1. The maximum absolute atomic E-state index is 12.6. The number of benzene rings is 3. The lowest BCUT2D eigenvalue weighted by Crippen LogP contribution is -2.08. The van der Waals surface area contributed by atoms with Crippen LogP contribution in [0.5, 0.6) is 5.75 Å². The molecule has 0 bridgehead atoms. The summed E-state index contributed by atoms with van der Waals surface area (Å²) in [6.45, 7) is 6.40. The summed E-state index contributed by atoms with van der Waals surface area (Å²) in [5.74, 6) is 0.455. The van der Waals surface area contributed by atoms with E-state index < -0.39 is 0 Å². The first kappa shape index (κ1) is 21.7. The van der Waals surface area contributed by atoms with Crippen molar-refractivity contribution in [1.29, 1.82) is 0 Å². The van der Waals surface area contributed by atoms with Crippen LogP contribution in [-0.4, -0.2) is 12.5 Å². The highest BCUT2D eigenvalue weighted by atomic mass is 35.5. The molecule has 0 spiro atoms. The summed E-state index contributed by atoms with van der Waals surface area (Å²) in [6, 6.07) is 19.2. The van der Waals surface area contributed by atoms with Crippen molar-refractivity contribution >= 4 is 39.7 Å². The Morgan fingerprint density at radius 2 is 1.81 bits per heavy atom. The molecule has 0 fully saturated rings. The zero-order valence-corrected chi connectivity index (χ0v) is 19.0. The van der Waals surface area contributed by atoms with E-state index in [0.717, 1.165) is 33.2 Å². The van der Waals surface area contributed by atoms with E-state index in [4.69, 9.17) is 20.8 Å². The van der Waals surface area contributed by atoms with Crippen LogP contribution < -0.4 is 10.1 Å². The number of halogens is 1. The van der Waals surface area contributed by atoms with Crippen molar-refractivity contribution in [3.05, 3.63) is 89.2 Å². The molecule has 4 nitrogen and oxygen atoms in total. The van der Waals surface area contributed by atoms with E-state index in [1.54, 1.807) is 36.6 Å². The number of aryl methyl sites for hydroxylation is 1. The van der Waals surface area contributed by atoms with E-state index in [9.17, 15) is 4.79 Å². The number of hydrogen-bond donors (Lipinski definition) is 1. The summed E-state index contributed by atoms with van der Waals surface area (Å²) in [5.41, 5.74) is 6.34. The Morgan fingerprint density at radius 1 is 1.09 bits per heavy atom. The smallest absolute Gasteiger partial charge is 0.248 e. The largest absolute Gasteiger partial charge is 0.493 e. The number of nitrogens with one attached hydrogen (secondary N) is 1. The number of carbonyl (C=O) groups excluding carboxylic acids is 1. The van der Waals surface area contributed by atoms with Crippen molar-refractivity contribution in [2.24, 2.45) is 0 Å². The first-order valence-corrected chi connectivity index (χ1v) is 10.8. The van der Waals surface area contributed by atoms with Crippen LogP contribution in [0.2, 0.25) is 5.02 Å². The van der Waals surface area contributed by atoms with Crippen LogP contribution in [0, 0.1) is 6.92 Å². The van der Waals surface area contributed by atoms with Crippen LogP contribution in [0.3, 0.4) is 0 Å². The van der Waals surface area contributed by atoms with Gasteiger partial charge in [-0.3, -0.25) is 4.79 Å². The topological polar surface area (TPSA) is 51.5 Å². The van der Waals surface area contributed by atoms with Gasteiger partial charge in [0.2, 0.25) is 5.91 Å². The highest BCUT2D eigenvalue weighted by Crippen LogP contribution is 2.37.